The predicted octanol–water partition coefficient (Wildman–Crippen LogP) is 0.588. The smallest absolute Gasteiger partial charge is 0.407 e. The molecule has 0 saturated carbocycles. The summed E-state index contributed by atoms with van der Waals surface area (Å²) in [7, 11) is 7.71. The van der Waals surface area contributed by atoms with Crippen LogP contribution in [0.4, 0.5) is 9.59 Å². The lowest BCUT2D eigenvalue weighted by Crippen LogP contribution is -2.37. The van der Waals surface area contributed by atoms with Crippen molar-refractivity contribution in [3.8, 4) is 0 Å². The molecule has 0 aliphatic rings. The minimum Gasteiger partial charge on any atom is -0.449 e. The molecular weight excluding hydrogens is 300 g/mol. The van der Waals surface area contributed by atoms with Crippen LogP contribution in [0.15, 0.2) is 0 Å². The van der Waals surface area contributed by atoms with Crippen LogP contribution in [0.5, 0.6) is 0 Å². The van der Waals surface area contributed by atoms with Crippen molar-refractivity contribution in [1.82, 2.24) is 20.4 Å². The summed E-state index contributed by atoms with van der Waals surface area (Å²) in [5.74, 6) is 0. The van der Waals surface area contributed by atoms with Gasteiger partial charge in [-0.2, -0.15) is 0 Å². The fourth-order valence-electron chi connectivity index (χ4n) is 1.43. The van der Waals surface area contributed by atoms with Gasteiger partial charge in [-0.25, -0.2) is 9.59 Å². The zero-order valence-corrected chi connectivity index (χ0v) is 15.3. The van der Waals surface area contributed by atoms with Crippen molar-refractivity contribution in [2.75, 3.05) is 67.6 Å². The summed E-state index contributed by atoms with van der Waals surface area (Å²) in [6.07, 6.45) is -0.925. The van der Waals surface area contributed by atoms with Crippen LogP contribution in [0, 0.1) is 5.41 Å². The first-order chi connectivity index (χ1) is 10.6. The predicted molar refractivity (Wildman–Crippen MR) is 89.6 cm³/mol. The van der Waals surface area contributed by atoms with Crippen LogP contribution in [0.3, 0.4) is 0 Å². The summed E-state index contributed by atoms with van der Waals surface area (Å²) in [6.45, 7) is 6.62. The number of rotatable bonds is 10. The Bertz CT molecular complexity index is 327. The first-order valence-corrected chi connectivity index (χ1v) is 7.73. The van der Waals surface area contributed by atoms with Gasteiger partial charge in [0, 0.05) is 31.6 Å². The Morgan fingerprint density at radius 3 is 1.48 bits per heavy atom. The summed E-state index contributed by atoms with van der Waals surface area (Å²) in [5.41, 5.74) is -0.447. The highest BCUT2D eigenvalue weighted by Crippen LogP contribution is 2.16. The number of alkyl carbamates (subject to hydrolysis) is 2. The first-order valence-electron chi connectivity index (χ1n) is 7.73. The van der Waals surface area contributed by atoms with Crippen LogP contribution >= 0.6 is 0 Å². The lowest BCUT2D eigenvalue weighted by Gasteiger charge is -2.24. The molecule has 2 amide bonds. The molecule has 0 saturated heterocycles. The zero-order chi connectivity index (χ0) is 17.9. The second-order valence-electron chi connectivity index (χ2n) is 6.78. The second kappa shape index (κ2) is 11.1. The molecule has 136 valence electrons. The molecule has 8 nitrogen and oxygen atoms in total. The van der Waals surface area contributed by atoms with E-state index in [-0.39, 0.29) is 13.2 Å². The van der Waals surface area contributed by atoms with Crippen molar-refractivity contribution >= 4 is 12.2 Å². The number of likely N-dealkylation sites (N-methyl/N-ethyl adjacent to an activating group) is 2. The summed E-state index contributed by atoms with van der Waals surface area (Å²) >= 11 is 0. The van der Waals surface area contributed by atoms with Gasteiger partial charge in [0.05, 0.1) is 0 Å². The van der Waals surface area contributed by atoms with Crippen LogP contribution in [0.25, 0.3) is 0 Å². The number of nitrogens with zero attached hydrogens (tertiary/aromatic N) is 2. The molecule has 0 aliphatic carbocycles. The van der Waals surface area contributed by atoms with E-state index in [0.717, 1.165) is 13.1 Å². The third-order valence-electron chi connectivity index (χ3n) is 2.84. The van der Waals surface area contributed by atoms with Crippen LogP contribution < -0.4 is 10.6 Å². The fraction of sp³-hybridized carbons (Fsp3) is 0.867. The Morgan fingerprint density at radius 1 is 0.826 bits per heavy atom. The maximum Gasteiger partial charge on any atom is 0.407 e. The SMILES string of the molecule is CN(C)CCNC(=O)OCC(C)(C)COC(=O)NCCN(C)C. The molecule has 0 spiro atoms. The number of ether oxygens (including phenoxy) is 2. The molecule has 0 radical (unpaired) electrons. The van der Waals surface area contributed by atoms with Crippen molar-refractivity contribution in [2.45, 2.75) is 13.8 Å². The van der Waals surface area contributed by atoms with E-state index in [1.807, 2.05) is 51.8 Å². The molecule has 0 heterocycles. The summed E-state index contributed by atoms with van der Waals surface area (Å²) in [5, 5.41) is 5.32. The summed E-state index contributed by atoms with van der Waals surface area (Å²) < 4.78 is 10.3. The van der Waals surface area contributed by atoms with E-state index in [9.17, 15) is 9.59 Å². The molecule has 8 heteroatoms. The Kier molecular flexibility index (Phi) is 10.3. The van der Waals surface area contributed by atoms with Gasteiger partial charge >= 0.3 is 12.2 Å². The fourth-order valence-corrected chi connectivity index (χ4v) is 1.43. The normalized spacial score (nSPS) is 11.5. The highest BCUT2D eigenvalue weighted by atomic mass is 16.6. The van der Waals surface area contributed by atoms with Crippen molar-refractivity contribution in [3.63, 3.8) is 0 Å². The number of amides is 2. The Labute approximate surface area is 139 Å². The van der Waals surface area contributed by atoms with Gasteiger partial charge in [0.2, 0.25) is 0 Å². The minimum atomic E-state index is -0.463. The minimum absolute atomic E-state index is 0.172. The highest BCUT2D eigenvalue weighted by molar-refractivity contribution is 5.67. The Balaban J connectivity index is 3.86. The van der Waals surface area contributed by atoms with E-state index in [2.05, 4.69) is 10.6 Å². The summed E-state index contributed by atoms with van der Waals surface area (Å²) in [4.78, 5) is 27.0. The van der Waals surface area contributed by atoms with Gasteiger partial charge in [-0.1, -0.05) is 13.8 Å². The molecule has 0 fully saturated rings. The van der Waals surface area contributed by atoms with Crippen molar-refractivity contribution in [3.05, 3.63) is 0 Å². The number of nitrogens with one attached hydrogen (secondary N) is 2. The quantitative estimate of drug-likeness (QED) is 0.609. The van der Waals surface area contributed by atoms with Gasteiger partial charge < -0.3 is 29.9 Å². The number of carbonyl (C=O) groups excluding carboxylic acids is 2. The standard InChI is InChI=1S/C15H32N4O4/c1-15(2,11-22-13(20)16-7-9-18(3)4)12-23-14(21)17-8-10-19(5)6/h7-12H2,1-6H3,(H,16,20)(H,17,21). The number of carbonyl (C=O) groups is 2. The number of hydrogen-bond donors (Lipinski definition) is 2. The molecule has 0 aromatic carbocycles. The van der Waals surface area contributed by atoms with E-state index in [4.69, 9.17) is 9.47 Å². The van der Waals surface area contributed by atoms with Gasteiger partial charge in [0.25, 0.3) is 0 Å². The second-order valence-corrected chi connectivity index (χ2v) is 6.78. The molecular formula is C15H32N4O4. The third kappa shape index (κ3) is 13.8. The Hall–Kier alpha value is -1.54. The molecule has 0 aromatic rings. The van der Waals surface area contributed by atoms with E-state index in [1.165, 1.54) is 0 Å². The highest BCUT2D eigenvalue weighted by Gasteiger charge is 2.22. The van der Waals surface area contributed by atoms with Crippen LogP contribution in [0.1, 0.15) is 13.8 Å². The molecule has 0 aliphatic heterocycles. The largest absolute Gasteiger partial charge is 0.449 e. The molecule has 0 bridgehead atoms. The monoisotopic (exact) mass is 332 g/mol. The van der Waals surface area contributed by atoms with Gasteiger partial charge in [0.1, 0.15) is 13.2 Å². The molecule has 0 unspecified atom stereocenters. The van der Waals surface area contributed by atoms with Crippen molar-refractivity contribution in [1.29, 1.82) is 0 Å². The van der Waals surface area contributed by atoms with E-state index in [1.54, 1.807) is 0 Å². The van der Waals surface area contributed by atoms with Crippen LogP contribution in [-0.4, -0.2) is 89.6 Å². The lowest BCUT2D eigenvalue weighted by molar-refractivity contribution is 0.0465. The third-order valence-corrected chi connectivity index (χ3v) is 2.84. The number of hydrogen-bond acceptors (Lipinski definition) is 6. The van der Waals surface area contributed by atoms with E-state index >= 15 is 0 Å². The molecule has 0 aromatic heterocycles. The maximum absolute atomic E-state index is 11.5. The van der Waals surface area contributed by atoms with Gasteiger partial charge in [-0.05, 0) is 28.2 Å². The molecule has 23 heavy (non-hydrogen) atoms. The van der Waals surface area contributed by atoms with Crippen LogP contribution in [-0.2, 0) is 9.47 Å². The van der Waals surface area contributed by atoms with Gasteiger partial charge in [-0.3, -0.25) is 0 Å². The maximum atomic E-state index is 11.5. The molecule has 0 rings (SSSR count). The average molecular weight is 332 g/mol. The van der Waals surface area contributed by atoms with Crippen LogP contribution in [0.2, 0.25) is 0 Å². The average Bonchev–Trinajstić information content (AvgIpc) is 2.42. The van der Waals surface area contributed by atoms with Crippen molar-refractivity contribution in [2.24, 2.45) is 5.41 Å². The zero-order valence-electron chi connectivity index (χ0n) is 15.3. The van der Waals surface area contributed by atoms with E-state index < -0.39 is 17.6 Å². The topological polar surface area (TPSA) is 83.1 Å². The molecule has 0 atom stereocenters. The van der Waals surface area contributed by atoms with Gasteiger partial charge in [-0.15, -0.1) is 0 Å². The van der Waals surface area contributed by atoms with E-state index in [0.29, 0.717) is 13.1 Å². The molecule has 2 N–H and O–H groups in total. The van der Waals surface area contributed by atoms with Gasteiger partial charge in [0.15, 0.2) is 0 Å². The first kappa shape index (κ1) is 21.5. The van der Waals surface area contributed by atoms with Crippen molar-refractivity contribution < 1.29 is 19.1 Å². The Morgan fingerprint density at radius 2 is 1.17 bits per heavy atom. The summed E-state index contributed by atoms with van der Waals surface area (Å²) in [6, 6.07) is 0. The lowest BCUT2D eigenvalue weighted by atomic mass is 9.96.